The molecule has 0 aliphatic carbocycles. The van der Waals surface area contributed by atoms with Gasteiger partial charge in [0.05, 0.1) is 8.07 Å². The first-order valence-corrected chi connectivity index (χ1v) is 7.32. The van der Waals surface area contributed by atoms with Crippen LogP contribution < -0.4 is 0 Å². The molecule has 0 aromatic heterocycles. The summed E-state index contributed by atoms with van der Waals surface area (Å²) < 4.78 is 0. The summed E-state index contributed by atoms with van der Waals surface area (Å²) >= 11 is 0. The van der Waals surface area contributed by atoms with Crippen LogP contribution in [0, 0.1) is 0 Å². The van der Waals surface area contributed by atoms with E-state index in [1.54, 1.807) is 0 Å². The molecule has 0 saturated carbocycles. The molecule has 0 fully saturated rings. The van der Waals surface area contributed by atoms with Crippen molar-refractivity contribution in [2.45, 2.75) is 19.6 Å². The molecule has 0 bridgehead atoms. The van der Waals surface area contributed by atoms with E-state index in [2.05, 4.69) is 50.4 Å². The van der Waals surface area contributed by atoms with Crippen LogP contribution in [0.3, 0.4) is 0 Å². The highest BCUT2D eigenvalue weighted by molar-refractivity contribution is 6.80. The third-order valence-electron chi connectivity index (χ3n) is 1.09. The first-order valence-electron chi connectivity index (χ1n) is 3.74. The topological polar surface area (TPSA) is 3.24 Å². The lowest BCUT2D eigenvalue weighted by Gasteiger charge is -2.10. The third-order valence-corrected chi connectivity index (χ3v) is 2.32. The molecule has 0 aromatic carbocycles. The smallest absolute Gasteiger partial charge is 0.0683 e. The predicted octanol–water partition coefficient (Wildman–Crippen LogP) is 1.98. The zero-order valence-electron chi connectivity index (χ0n) is 7.81. The van der Waals surface area contributed by atoms with Crippen LogP contribution in [0.1, 0.15) is 0 Å². The zero-order chi connectivity index (χ0) is 8.20. The van der Waals surface area contributed by atoms with Crippen molar-refractivity contribution in [1.82, 2.24) is 4.90 Å². The first kappa shape index (κ1) is 9.92. The monoisotopic (exact) mass is 157 g/mol. The van der Waals surface area contributed by atoms with Crippen LogP contribution in [-0.2, 0) is 0 Å². The first-order chi connectivity index (χ1) is 4.42. The van der Waals surface area contributed by atoms with Gasteiger partial charge in [-0.1, -0.05) is 31.4 Å². The van der Waals surface area contributed by atoms with Crippen molar-refractivity contribution < 1.29 is 0 Å². The van der Waals surface area contributed by atoms with E-state index < -0.39 is 8.07 Å². The molecule has 0 atom stereocenters. The number of likely N-dealkylation sites (N-methyl/N-ethyl adjacent to an activating group) is 1. The van der Waals surface area contributed by atoms with Crippen molar-refractivity contribution in [2.24, 2.45) is 0 Å². The molecule has 0 aliphatic rings. The fraction of sp³-hybridized carbons (Fsp3) is 0.750. The average molecular weight is 157 g/mol. The Balaban J connectivity index is 3.57. The van der Waals surface area contributed by atoms with E-state index in [0.717, 1.165) is 6.54 Å². The van der Waals surface area contributed by atoms with Gasteiger partial charge in [0.25, 0.3) is 0 Å². The Morgan fingerprint density at radius 3 is 2.00 bits per heavy atom. The normalized spacial score (nSPS) is 13.4. The number of rotatable bonds is 3. The maximum atomic E-state index is 2.38. The summed E-state index contributed by atoms with van der Waals surface area (Å²) in [6.45, 7) is 8.11. The standard InChI is InChI=1S/C8H19NSi/c1-9(2)7-6-8-10(3,4)5/h6,8H,7H2,1-5H3. The molecule has 0 aliphatic heterocycles. The van der Waals surface area contributed by atoms with Crippen LogP contribution >= 0.6 is 0 Å². The SMILES string of the molecule is CN(C)CC=C[Si](C)(C)C. The Hall–Kier alpha value is -0.0831. The van der Waals surface area contributed by atoms with Gasteiger partial charge in [0, 0.05) is 6.54 Å². The molecule has 0 spiro atoms. The Morgan fingerprint density at radius 1 is 1.20 bits per heavy atom. The fourth-order valence-corrected chi connectivity index (χ4v) is 1.43. The summed E-state index contributed by atoms with van der Waals surface area (Å²) in [5.41, 5.74) is 2.38. The lowest BCUT2D eigenvalue weighted by atomic mass is 10.6. The Bertz CT molecular complexity index is 111. The van der Waals surface area contributed by atoms with Crippen LogP contribution in [0.25, 0.3) is 0 Å². The minimum atomic E-state index is -0.931. The van der Waals surface area contributed by atoms with Gasteiger partial charge in [0.15, 0.2) is 0 Å². The summed E-state index contributed by atoms with van der Waals surface area (Å²) in [4.78, 5) is 2.18. The molecule has 0 amide bonds. The van der Waals surface area contributed by atoms with E-state index >= 15 is 0 Å². The Kier molecular flexibility index (Phi) is 3.90. The highest BCUT2D eigenvalue weighted by Gasteiger charge is 2.05. The lowest BCUT2D eigenvalue weighted by molar-refractivity contribution is 0.456. The zero-order valence-corrected chi connectivity index (χ0v) is 8.81. The molecule has 0 N–H and O–H groups in total. The maximum Gasteiger partial charge on any atom is 0.0683 e. The minimum absolute atomic E-state index is 0.931. The van der Waals surface area contributed by atoms with E-state index in [4.69, 9.17) is 0 Å². The van der Waals surface area contributed by atoms with Crippen molar-refractivity contribution in [2.75, 3.05) is 20.6 Å². The van der Waals surface area contributed by atoms with Crippen LogP contribution in [0.5, 0.6) is 0 Å². The average Bonchev–Trinajstić information content (AvgIpc) is 1.59. The molecule has 60 valence electrons. The van der Waals surface area contributed by atoms with Crippen molar-refractivity contribution in [3.05, 3.63) is 11.8 Å². The van der Waals surface area contributed by atoms with Crippen LogP contribution in [0.4, 0.5) is 0 Å². The van der Waals surface area contributed by atoms with Gasteiger partial charge in [0.2, 0.25) is 0 Å². The molecule has 0 aromatic rings. The summed E-state index contributed by atoms with van der Waals surface area (Å²) in [7, 11) is 3.25. The molecule has 0 saturated heterocycles. The summed E-state index contributed by atoms with van der Waals surface area (Å²) in [6, 6.07) is 0. The quantitative estimate of drug-likeness (QED) is 0.566. The molecule has 1 nitrogen and oxygen atoms in total. The maximum absolute atomic E-state index is 2.38. The molecule has 10 heavy (non-hydrogen) atoms. The summed E-state index contributed by atoms with van der Waals surface area (Å²) in [5.74, 6) is 0. The van der Waals surface area contributed by atoms with Gasteiger partial charge in [-0.15, -0.1) is 0 Å². The Labute approximate surface area is 65.7 Å². The van der Waals surface area contributed by atoms with Crippen molar-refractivity contribution in [3.63, 3.8) is 0 Å². The van der Waals surface area contributed by atoms with Gasteiger partial charge < -0.3 is 4.90 Å². The van der Waals surface area contributed by atoms with Crippen LogP contribution in [0.2, 0.25) is 19.6 Å². The van der Waals surface area contributed by atoms with E-state index in [9.17, 15) is 0 Å². The molecule has 0 rings (SSSR count). The lowest BCUT2D eigenvalue weighted by Crippen LogP contribution is -2.17. The molecule has 0 heterocycles. The highest BCUT2D eigenvalue weighted by atomic mass is 28.3. The number of hydrogen-bond acceptors (Lipinski definition) is 1. The van der Waals surface area contributed by atoms with Crippen LogP contribution in [0.15, 0.2) is 11.8 Å². The van der Waals surface area contributed by atoms with Gasteiger partial charge in [-0.3, -0.25) is 0 Å². The largest absolute Gasteiger partial charge is 0.306 e. The molecule has 0 radical (unpaired) electrons. The van der Waals surface area contributed by atoms with Gasteiger partial charge in [-0.05, 0) is 14.1 Å². The summed E-state index contributed by atoms with van der Waals surface area (Å²) in [6.07, 6.45) is 2.27. The van der Waals surface area contributed by atoms with Crippen molar-refractivity contribution in [3.8, 4) is 0 Å². The van der Waals surface area contributed by atoms with E-state index in [0.29, 0.717) is 0 Å². The molecular formula is C8H19NSi. The van der Waals surface area contributed by atoms with E-state index in [1.807, 2.05) is 0 Å². The van der Waals surface area contributed by atoms with E-state index in [1.165, 1.54) is 0 Å². The van der Waals surface area contributed by atoms with Crippen molar-refractivity contribution in [1.29, 1.82) is 0 Å². The fourth-order valence-electron chi connectivity index (χ4n) is 0.617. The molecular weight excluding hydrogens is 138 g/mol. The second-order valence-electron chi connectivity index (χ2n) is 4.03. The van der Waals surface area contributed by atoms with Gasteiger partial charge in [-0.25, -0.2) is 0 Å². The minimum Gasteiger partial charge on any atom is -0.306 e. The molecule has 2 heteroatoms. The second kappa shape index (κ2) is 3.94. The van der Waals surface area contributed by atoms with Crippen molar-refractivity contribution >= 4 is 8.07 Å². The number of hydrogen-bond donors (Lipinski definition) is 0. The Morgan fingerprint density at radius 2 is 1.70 bits per heavy atom. The highest BCUT2D eigenvalue weighted by Crippen LogP contribution is 2.01. The predicted molar refractivity (Wildman–Crippen MR) is 51.0 cm³/mol. The summed E-state index contributed by atoms with van der Waals surface area (Å²) in [5, 5.41) is 0. The molecule has 0 unspecified atom stereocenters. The second-order valence-corrected chi connectivity index (χ2v) is 9.10. The number of nitrogens with zero attached hydrogens (tertiary/aromatic N) is 1. The van der Waals surface area contributed by atoms with E-state index in [-0.39, 0.29) is 0 Å². The third kappa shape index (κ3) is 7.92. The van der Waals surface area contributed by atoms with Crippen LogP contribution in [-0.4, -0.2) is 33.6 Å². The van der Waals surface area contributed by atoms with Gasteiger partial charge in [0.1, 0.15) is 0 Å². The van der Waals surface area contributed by atoms with Gasteiger partial charge in [-0.2, -0.15) is 0 Å². The van der Waals surface area contributed by atoms with Gasteiger partial charge >= 0.3 is 0 Å².